The largest absolute Gasteiger partial charge is 0.379 e. The van der Waals surface area contributed by atoms with E-state index in [0.29, 0.717) is 18.2 Å². The van der Waals surface area contributed by atoms with Gasteiger partial charge < -0.3 is 5.32 Å². The number of hydrogen-bond donors (Lipinski definition) is 1. The molecule has 0 radical (unpaired) electrons. The third-order valence-corrected chi connectivity index (χ3v) is 2.86. The summed E-state index contributed by atoms with van der Waals surface area (Å²) < 4.78 is 0. The van der Waals surface area contributed by atoms with Gasteiger partial charge in [-0.15, -0.1) is 0 Å². The molecule has 19 heavy (non-hydrogen) atoms. The van der Waals surface area contributed by atoms with E-state index in [-0.39, 0.29) is 11.3 Å². The van der Waals surface area contributed by atoms with Crippen LogP contribution in [0.4, 0.5) is 11.4 Å². The standard InChI is InChI=1S/C14H19N3O2/c1-11(2)6-3-4-9-16-13-8-5-7-12(10-15)14(13)17(18)19/h5,7-8,11,16H,3-4,6,9H2,1-2H3. The molecule has 0 unspecified atom stereocenters. The molecule has 0 atom stereocenters. The van der Waals surface area contributed by atoms with Crippen LogP contribution in [0.3, 0.4) is 0 Å². The van der Waals surface area contributed by atoms with Crippen LogP contribution in [0, 0.1) is 27.4 Å². The van der Waals surface area contributed by atoms with Crippen LogP contribution in [0.15, 0.2) is 18.2 Å². The summed E-state index contributed by atoms with van der Waals surface area (Å²) in [4.78, 5) is 10.5. The predicted molar refractivity (Wildman–Crippen MR) is 75.0 cm³/mol. The van der Waals surface area contributed by atoms with E-state index >= 15 is 0 Å². The molecule has 0 saturated heterocycles. The number of nitrogens with zero attached hydrogens (tertiary/aromatic N) is 2. The number of nitro benzene ring substituents is 1. The van der Waals surface area contributed by atoms with Crippen molar-refractivity contribution in [1.82, 2.24) is 0 Å². The van der Waals surface area contributed by atoms with Gasteiger partial charge in [0.1, 0.15) is 17.3 Å². The minimum Gasteiger partial charge on any atom is -0.379 e. The number of benzene rings is 1. The molecule has 0 amide bonds. The number of hydrogen-bond acceptors (Lipinski definition) is 4. The molecular weight excluding hydrogens is 242 g/mol. The molecule has 102 valence electrons. The summed E-state index contributed by atoms with van der Waals surface area (Å²) in [5.41, 5.74) is 0.389. The average Bonchev–Trinajstić information content (AvgIpc) is 2.37. The quantitative estimate of drug-likeness (QED) is 0.461. The van der Waals surface area contributed by atoms with Crippen molar-refractivity contribution in [3.05, 3.63) is 33.9 Å². The smallest absolute Gasteiger partial charge is 0.309 e. The van der Waals surface area contributed by atoms with E-state index in [1.54, 1.807) is 12.1 Å². The van der Waals surface area contributed by atoms with Gasteiger partial charge in [0, 0.05) is 6.54 Å². The Labute approximate surface area is 113 Å². The van der Waals surface area contributed by atoms with Gasteiger partial charge in [0.05, 0.1) is 4.92 Å². The second-order valence-corrected chi connectivity index (χ2v) is 4.89. The fourth-order valence-electron chi connectivity index (χ4n) is 1.87. The van der Waals surface area contributed by atoms with Crippen molar-refractivity contribution in [3.63, 3.8) is 0 Å². The number of para-hydroxylation sites is 1. The van der Waals surface area contributed by atoms with Crippen LogP contribution in [0.1, 0.15) is 38.7 Å². The van der Waals surface area contributed by atoms with Gasteiger partial charge in [0.25, 0.3) is 0 Å². The summed E-state index contributed by atoms with van der Waals surface area (Å²) in [6, 6.07) is 6.61. The first-order valence-electron chi connectivity index (χ1n) is 6.47. The number of rotatable bonds is 7. The third kappa shape index (κ3) is 4.59. The van der Waals surface area contributed by atoms with Crippen molar-refractivity contribution in [2.45, 2.75) is 33.1 Å². The number of nitro groups is 1. The third-order valence-electron chi connectivity index (χ3n) is 2.86. The molecule has 0 aliphatic rings. The lowest BCUT2D eigenvalue weighted by atomic mass is 10.1. The van der Waals surface area contributed by atoms with Gasteiger partial charge in [0.2, 0.25) is 0 Å². The molecule has 1 aromatic rings. The van der Waals surface area contributed by atoms with Gasteiger partial charge in [-0.05, 0) is 24.5 Å². The monoisotopic (exact) mass is 261 g/mol. The van der Waals surface area contributed by atoms with Crippen molar-refractivity contribution < 1.29 is 4.92 Å². The molecule has 0 bridgehead atoms. The van der Waals surface area contributed by atoms with E-state index in [1.807, 2.05) is 6.07 Å². The lowest BCUT2D eigenvalue weighted by Gasteiger charge is -2.08. The summed E-state index contributed by atoms with van der Waals surface area (Å²) in [5.74, 6) is 0.677. The Morgan fingerprint density at radius 1 is 1.42 bits per heavy atom. The first kappa shape index (κ1) is 15.0. The summed E-state index contributed by atoms with van der Waals surface area (Å²) >= 11 is 0. The minimum atomic E-state index is -0.505. The summed E-state index contributed by atoms with van der Waals surface area (Å²) in [7, 11) is 0. The number of nitrogens with one attached hydrogen (secondary N) is 1. The van der Waals surface area contributed by atoms with Crippen LogP contribution < -0.4 is 5.32 Å². The lowest BCUT2D eigenvalue weighted by Crippen LogP contribution is -2.05. The topological polar surface area (TPSA) is 79.0 Å². The molecule has 0 aromatic heterocycles. The van der Waals surface area contributed by atoms with Crippen LogP contribution in [0.5, 0.6) is 0 Å². The maximum Gasteiger partial charge on any atom is 0.309 e. The zero-order chi connectivity index (χ0) is 14.3. The van der Waals surface area contributed by atoms with E-state index in [0.717, 1.165) is 19.3 Å². The normalized spacial score (nSPS) is 10.2. The molecule has 0 spiro atoms. The molecule has 1 aromatic carbocycles. The first-order chi connectivity index (χ1) is 9.06. The predicted octanol–water partition coefficient (Wildman–Crippen LogP) is 3.70. The number of anilines is 1. The fourth-order valence-corrected chi connectivity index (χ4v) is 1.87. The lowest BCUT2D eigenvalue weighted by molar-refractivity contribution is -0.384. The Balaban J connectivity index is 2.64. The Morgan fingerprint density at radius 3 is 2.74 bits per heavy atom. The van der Waals surface area contributed by atoms with Gasteiger partial charge >= 0.3 is 5.69 Å². The Morgan fingerprint density at radius 2 is 2.16 bits per heavy atom. The zero-order valence-electron chi connectivity index (χ0n) is 11.3. The minimum absolute atomic E-state index is 0.0946. The van der Waals surface area contributed by atoms with Gasteiger partial charge in [-0.1, -0.05) is 32.8 Å². The maximum absolute atomic E-state index is 11.0. The molecule has 1 N–H and O–H groups in total. The van der Waals surface area contributed by atoms with Crippen molar-refractivity contribution in [2.75, 3.05) is 11.9 Å². The van der Waals surface area contributed by atoms with Crippen LogP contribution in [-0.2, 0) is 0 Å². The van der Waals surface area contributed by atoms with E-state index < -0.39 is 4.92 Å². The number of nitriles is 1. The highest BCUT2D eigenvalue weighted by molar-refractivity contribution is 5.68. The van der Waals surface area contributed by atoms with Crippen molar-refractivity contribution >= 4 is 11.4 Å². The molecule has 0 aliphatic carbocycles. The van der Waals surface area contributed by atoms with E-state index in [9.17, 15) is 10.1 Å². The van der Waals surface area contributed by atoms with Crippen LogP contribution >= 0.6 is 0 Å². The van der Waals surface area contributed by atoms with Crippen LogP contribution in [-0.4, -0.2) is 11.5 Å². The second-order valence-electron chi connectivity index (χ2n) is 4.89. The van der Waals surface area contributed by atoms with Gasteiger partial charge in [-0.2, -0.15) is 5.26 Å². The zero-order valence-corrected chi connectivity index (χ0v) is 11.3. The molecule has 5 heteroatoms. The molecule has 0 aliphatic heterocycles. The highest BCUT2D eigenvalue weighted by Crippen LogP contribution is 2.27. The Hall–Kier alpha value is -2.09. The first-order valence-corrected chi connectivity index (χ1v) is 6.47. The Bertz CT molecular complexity index is 478. The van der Waals surface area contributed by atoms with E-state index in [4.69, 9.17) is 5.26 Å². The van der Waals surface area contributed by atoms with Gasteiger partial charge in [-0.25, -0.2) is 0 Å². The van der Waals surface area contributed by atoms with Gasteiger partial charge in [-0.3, -0.25) is 10.1 Å². The average molecular weight is 261 g/mol. The van der Waals surface area contributed by atoms with Gasteiger partial charge in [0.15, 0.2) is 0 Å². The molecule has 5 nitrogen and oxygen atoms in total. The van der Waals surface area contributed by atoms with Crippen LogP contribution in [0.25, 0.3) is 0 Å². The summed E-state index contributed by atoms with van der Waals surface area (Å²) in [6.45, 7) is 5.03. The van der Waals surface area contributed by atoms with Crippen molar-refractivity contribution in [1.29, 1.82) is 5.26 Å². The Kier molecular flexibility index (Phi) is 5.80. The second kappa shape index (κ2) is 7.37. The summed E-state index contributed by atoms with van der Waals surface area (Å²) in [5, 5.41) is 22.9. The molecule has 0 saturated carbocycles. The highest BCUT2D eigenvalue weighted by atomic mass is 16.6. The fraction of sp³-hybridized carbons (Fsp3) is 0.500. The SMILES string of the molecule is CC(C)CCCCNc1cccc(C#N)c1[N+](=O)[O-]. The van der Waals surface area contributed by atoms with Crippen LogP contribution in [0.2, 0.25) is 0 Å². The maximum atomic E-state index is 11.0. The van der Waals surface area contributed by atoms with E-state index in [2.05, 4.69) is 19.2 Å². The van der Waals surface area contributed by atoms with E-state index in [1.165, 1.54) is 6.07 Å². The van der Waals surface area contributed by atoms with Crippen molar-refractivity contribution in [2.24, 2.45) is 5.92 Å². The highest BCUT2D eigenvalue weighted by Gasteiger charge is 2.18. The van der Waals surface area contributed by atoms with Crippen molar-refractivity contribution in [3.8, 4) is 6.07 Å². The molecular formula is C14H19N3O2. The molecule has 1 rings (SSSR count). The molecule has 0 heterocycles. The summed E-state index contributed by atoms with van der Waals surface area (Å²) in [6.07, 6.45) is 3.21. The number of unbranched alkanes of at least 4 members (excludes halogenated alkanes) is 1. The molecule has 0 fully saturated rings.